The molecule has 0 aliphatic carbocycles. The van der Waals surface area contributed by atoms with Crippen molar-refractivity contribution in [2.24, 2.45) is 4.99 Å². The second-order valence-corrected chi connectivity index (χ2v) is 11.8. The summed E-state index contributed by atoms with van der Waals surface area (Å²) in [7, 11) is -6.21. The van der Waals surface area contributed by atoms with Crippen LogP contribution in [0.5, 0.6) is 0 Å². The third-order valence-electron chi connectivity index (χ3n) is 3.21. The Labute approximate surface area is 141 Å². The number of sulfone groups is 2. The van der Waals surface area contributed by atoms with E-state index >= 15 is 0 Å². The van der Waals surface area contributed by atoms with Gasteiger partial charge in [0.2, 0.25) is 0 Å². The van der Waals surface area contributed by atoms with Gasteiger partial charge in [0.25, 0.3) is 0 Å². The van der Waals surface area contributed by atoms with Crippen molar-refractivity contribution in [3.8, 4) is 0 Å². The van der Waals surface area contributed by atoms with Crippen LogP contribution in [0.2, 0.25) is 0 Å². The van der Waals surface area contributed by atoms with E-state index in [2.05, 4.69) is 15.6 Å². The summed E-state index contributed by atoms with van der Waals surface area (Å²) >= 11 is 0. The maximum absolute atomic E-state index is 12.0. The standard InChI is InChI=1S/C14H31N3O4S2/c1-7-15-13(17-12(2)8-10-22(6,18)19)16-9-11-23(20,21)14(3,4)5/h12H,7-11H2,1-6H3,(H2,15,16,17). The van der Waals surface area contributed by atoms with Gasteiger partial charge < -0.3 is 10.6 Å². The molecule has 0 bridgehead atoms. The van der Waals surface area contributed by atoms with E-state index < -0.39 is 24.4 Å². The van der Waals surface area contributed by atoms with Crippen LogP contribution < -0.4 is 10.6 Å². The molecule has 0 heterocycles. The lowest BCUT2D eigenvalue weighted by molar-refractivity contribution is 0.559. The van der Waals surface area contributed by atoms with Gasteiger partial charge in [-0.1, -0.05) is 0 Å². The number of nitrogens with zero attached hydrogens (tertiary/aromatic N) is 1. The van der Waals surface area contributed by atoms with Gasteiger partial charge in [0, 0.05) is 18.8 Å². The molecule has 0 aromatic heterocycles. The van der Waals surface area contributed by atoms with Crippen LogP contribution in [0.4, 0.5) is 0 Å². The van der Waals surface area contributed by atoms with Crippen molar-refractivity contribution in [3.05, 3.63) is 0 Å². The first-order chi connectivity index (χ1) is 10.3. The molecule has 0 aliphatic heterocycles. The summed E-state index contributed by atoms with van der Waals surface area (Å²) in [4.78, 5) is 4.26. The molecule has 0 radical (unpaired) electrons. The maximum Gasteiger partial charge on any atom is 0.191 e. The highest BCUT2D eigenvalue weighted by molar-refractivity contribution is 7.92. The lowest BCUT2D eigenvalue weighted by atomic mass is 10.3. The van der Waals surface area contributed by atoms with Crippen molar-refractivity contribution >= 4 is 25.6 Å². The van der Waals surface area contributed by atoms with Crippen LogP contribution in [-0.2, 0) is 19.7 Å². The van der Waals surface area contributed by atoms with Crippen LogP contribution in [0.1, 0.15) is 41.0 Å². The van der Waals surface area contributed by atoms with Crippen LogP contribution in [0, 0.1) is 0 Å². The molecule has 0 aromatic carbocycles. The van der Waals surface area contributed by atoms with E-state index in [9.17, 15) is 16.8 Å². The molecule has 7 nitrogen and oxygen atoms in total. The monoisotopic (exact) mass is 369 g/mol. The van der Waals surface area contributed by atoms with Crippen molar-refractivity contribution in [1.29, 1.82) is 0 Å². The fraction of sp³-hybridized carbons (Fsp3) is 0.929. The number of rotatable bonds is 8. The Morgan fingerprint density at radius 1 is 1.13 bits per heavy atom. The van der Waals surface area contributed by atoms with Crippen molar-refractivity contribution < 1.29 is 16.8 Å². The van der Waals surface area contributed by atoms with E-state index in [0.717, 1.165) is 0 Å². The van der Waals surface area contributed by atoms with Gasteiger partial charge in [0.05, 0.1) is 22.8 Å². The van der Waals surface area contributed by atoms with Gasteiger partial charge in [-0.3, -0.25) is 4.99 Å². The van der Waals surface area contributed by atoms with Crippen LogP contribution in [-0.4, -0.2) is 64.4 Å². The van der Waals surface area contributed by atoms with Gasteiger partial charge in [0.15, 0.2) is 15.8 Å². The molecule has 9 heteroatoms. The second-order valence-electron chi connectivity index (χ2n) is 6.66. The van der Waals surface area contributed by atoms with Gasteiger partial charge >= 0.3 is 0 Å². The highest BCUT2D eigenvalue weighted by Gasteiger charge is 2.28. The Balaban J connectivity index is 4.67. The quantitative estimate of drug-likeness (QED) is 0.479. The number of guanidine groups is 1. The molecule has 2 N–H and O–H groups in total. The Kier molecular flexibility index (Phi) is 8.54. The molecule has 0 saturated heterocycles. The molecular formula is C14H31N3O4S2. The van der Waals surface area contributed by atoms with E-state index in [-0.39, 0.29) is 24.1 Å². The summed E-state index contributed by atoms with van der Waals surface area (Å²) in [5, 5.41) is 6.13. The minimum Gasteiger partial charge on any atom is -0.357 e. The lowest BCUT2D eigenvalue weighted by Crippen LogP contribution is -2.43. The fourth-order valence-electron chi connectivity index (χ4n) is 1.60. The van der Waals surface area contributed by atoms with Crippen molar-refractivity contribution in [3.63, 3.8) is 0 Å². The van der Waals surface area contributed by atoms with Crippen LogP contribution >= 0.6 is 0 Å². The van der Waals surface area contributed by atoms with E-state index in [1.165, 1.54) is 6.26 Å². The number of hydrogen-bond acceptors (Lipinski definition) is 5. The first kappa shape index (κ1) is 22.2. The molecule has 23 heavy (non-hydrogen) atoms. The molecule has 0 spiro atoms. The molecule has 0 saturated carbocycles. The molecule has 0 amide bonds. The Bertz CT molecular complexity index is 590. The zero-order valence-corrected chi connectivity index (χ0v) is 16.6. The minimum absolute atomic E-state index is 0.0230. The SMILES string of the molecule is CCNC(=NCCS(=O)(=O)C(C)(C)C)NC(C)CCS(C)(=O)=O. The minimum atomic E-state index is -3.21. The molecule has 138 valence electrons. The molecule has 1 atom stereocenters. The molecule has 0 aliphatic rings. The highest BCUT2D eigenvalue weighted by Crippen LogP contribution is 2.15. The Hall–Kier alpha value is -0.830. The van der Waals surface area contributed by atoms with Gasteiger partial charge in [-0.05, 0) is 41.0 Å². The average Bonchev–Trinajstić information content (AvgIpc) is 2.34. The summed E-state index contributed by atoms with van der Waals surface area (Å²) in [6.07, 6.45) is 1.67. The fourth-order valence-corrected chi connectivity index (χ4v) is 3.33. The number of nitrogens with one attached hydrogen (secondary N) is 2. The van der Waals surface area contributed by atoms with Gasteiger partial charge in [-0.15, -0.1) is 0 Å². The van der Waals surface area contributed by atoms with Gasteiger partial charge in [0.1, 0.15) is 9.84 Å². The third-order valence-corrected chi connectivity index (χ3v) is 6.78. The second kappa shape index (κ2) is 8.86. The van der Waals surface area contributed by atoms with Crippen molar-refractivity contribution in [2.45, 2.75) is 51.8 Å². The maximum atomic E-state index is 12.0. The molecule has 0 fully saturated rings. The third kappa shape index (κ3) is 9.80. The normalized spacial score (nSPS) is 15.3. The van der Waals surface area contributed by atoms with E-state index in [1.807, 2.05) is 13.8 Å². The molecule has 1 unspecified atom stereocenters. The van der Waals surface area contributed by atoms with Crippen LogP contribution in [0.25, 0.3) is 0 Å². The topological polar surface area (TPSA) is 105 Å². The zero-order chi connectivity index (χ0) is 18.3. The predicted molar refractivity (Wildman–Crippen MR) is 96.4 cm³/mol. The van der Waals surface area contributed by atoms with Crippen molar-refractivity contribution in [1.82, 2.24) is 10.6 Å². The van der Waals surface area contributed by atoms with E-state index in [0.29, 0.717) is 18.9 Å². The molecule has 0 aromatic rings. The smallest absolute Gasteiger partial charge is 0.191 e. The summed E-state index contributed by atoms with van der Waals surface area (Å²) in [5.74, 6) is 0.571. The average molecular weight is 370 g/mol. The predicted octanol–water partition coefficient (Wildman–Crippen LogP) is 0.578. The van der Waals surface area contributed by atoms with E-state index in [1.54, 1.807) is 20.8 Å². The molecular weight excluding hydrogens is 338 g/mol. The lowest BCUT2D eigenvalue weighted by Gasteiger charge is -2.19. The number of hydrogen-bond donors (Lipinski definition) is 2. The Morgan fingerprint density at radius 3 is 2.13 bits per heavy atom. The molecule has 0 rings (SSSR count). The van der Waals surface area contributed by atoms with Gasteiger partial charge in [-0.2, -0.15) is 0 Å². The number of aliphatic imine (C=N–C) groups is 1. The Morgan fingerprint density at radius 2 is 1.70 bits per heavy atom. The zero-order valence-electron chi connectivity index (χ0n) is 15.0. The van der Waals surface area contributed by atoms with E-state index in [4.69, 9.17) is 0 Å². The summed E-state index contributed by atoms with van der Waals surface area (Å²) in [6, 6.07) is -0.0817. The van der Waals surface area contributed by atoms with Crippen LogP contribution in [0.3, 0.4) is 0 Å². The first-order valence-electron chi connectivity index (χ1n) is 7.73. The summed E-state index contributed by atoms with van der Waals surface area (Å²) < 4.78 is 45.7. The first-order valence-corrected chi connectivity index (χ1v) is 11.4. The summed E-state index contributed by atoms with van der Waals surface area (Å²) in [6.45, 7) is 9.58. The largest absolute Gasteiger partial charge is 0.357 e. The summed E-state index contributed by atoms with van der Waals surface area (Å²) in [5.41, 5.74) is 0. The van der Waals surface area contributed by atoms with Crippen LogP contribution in [0.15, 0.2) is 4.99 Å². The van der Waals surface area contributed by atoms with Gasteiger partial charge in [-0.25, -0.2) is 16.8 Å². The highest BCUT2D eigenvalue weighted by atomic mass is 32.2. The van der Waals surface area contributed by atoms with Crippen molar-refractivity contribution in [2.75, 3.05) is 30.9 Å².